The Bertz CT molecular complexity index is 1730. The van der Waals surface area contributed by atoms with Crippen LogP contribution in [0, 0.1) is 15.3 Å². The molecule has 0 spiro atoms. The van der Waals surface area contributed by atoms with E-state index in [9.17, 15) is 14.0 Å². The topological polar surface area (TPSA) is 77.1 Å². The van der Waals surface area contributed by atoms with Crippen molar-refractivity contribution in [2.24, 2.45) is 5.92 Å². The van der Waals surface area contributed by atoms with Crippen LogP contribution in [0.1, 0.15) is 47.7 Å². The number of amides is 2. The zero-order valence-electron chi connectivity index (χ0n) is 29.5. The Balaban J connectivity index is 1.56. The van der Waals surface area contributed by atoms with Crippen molar-refractivity contribution in [3.63, 3.8) is 0 Å². The number of anilines is 1. The maximum atomic E-state index is 15.0. The summed E-state index contributed by atoms with van der Waals surface area (Å²) in [6, 6.07) is 30.7. The lowest BCUT2D eigenvalue weighted by Gasteiger charge is -2.34. The lowest BCUT2D eigenvalue weighted by Crippen LogP contribution is -2.42. The summed E-state index contributed by atoms with van der Waals surface area (Å²) in [7, 11) is -3.89. The van der Waals surface area contributed by atoms with E-state index in [2.05, 4.69) is 67.2 Å². The fourth-order valence-corrected chi connectivity index (χ4v) is 8.47. The third kappa shape index (κ3) is 10.3. The molecule has 50 heavy (non-hydrogen) atoms. The van der Waals surface area contributed by atoms with Crippen LogP contribution >= 0.6 is 22.6 Å². The Labute approximate surface area is 310 Å². The molecular weight excluding hydrogens is 779 g/mol. The second kappa shape index (κ2) is 16.2. The summed E-state index contributed by atoms with van der Waals surface area (Å²) < 4.78 is 33.4. The molecule has 4 aromatic carbocycles. The molecular formula is C39H46FIN2O5Si2. The third-order valence-electron chi connectivity index (χ3n) is 8.32. The summed E-state index contributed by atoms with van der Waals surface area (Å²) in [4.78, 5) is 29.7. The number of benzene rings is 4. The van der Waals surface area contributed by atoms with Crippen molar-refractivity contribution in [1.29, 1.82) is 0 Å². The van der Waals surface area contributed by atoms with Crippen LogP contribution in [0.15, 0.2) is 103 Å². The van der Waals surface area contributed by atoms with Gasteiger partial charge in [0.25, 0.3) is 0 Å². The molecule has 1 unspecified atom stereocenters. The zero-order chi connectivity index (χ0) is 36.1. The smallest absolute Gasteiger partial charge is 0.417 e. The summed E-state index contributed by atoms with van der Waals surface area (Å²) in [5, 5.41) is 3.67. The van der Waals surface area contributed by atoms with Gasteiger partial charge in [-0.2, -0.15) is 0 Å². The van der Waals surface area contributed by atoms with E-state index in [4.69, 9.17) is 13.6 Å². The van der Waals surface area contributed by atoms with E-state index in [1.165, 1.54) is 17.0 Å². The predicted octanol–water partition coefficient (Wildman–Crippen LogP) is 10.5. The third-order valence-corrected chi connectivity index (χ3v) is 10.9. The highest BCUT2D eigenvalue weighted by Gasteiger charge is 2.44. The molecule has 0 aliphatic carbocycles. The van der Waals surface area contributed by atoms with Gasteiger partial charge in [0.15, 0.2) is 8.32 Å². The average Bonchev–Trinajstić information content (AvgIpc) is 3.45. The number of carbonyl (C=O) groups excluding carboxylic acids is 2. The van der Waals surface area contributed by atoms with Crippen molar-refractivity contribution in [2.45, 2.75) is 70.3 Å². The van der Waals surface area contributed by atoms with E-state index >= 15 is 0 Å². The van der Waals surface area contributed by atoms with Crippen LogP contribution in [-0.2, 0) is 14.0 Å². The highest BCUT2D eigenvalue weighted by Crippen LogP contribution is 2.39. The number of rotatable bonds is 14. The van der Waals surface area contributed by atoms with Gasteiger partial charge < -0.3 is 18.9 Å². The second-order valence-corrected chi connectivity index (χ2v) is 24.7. The molecule has 5 rings (SSSR count). The number of imide groups is 1. The number of nitrogens with one attached hydrogen (secondary N) is 1. The average molecular weight is 825 g/mol. The fourth-order valence-electron chi connectivity index (χ4n) is 6.16. The molecule has 0 aromatic heterocycles. The van der Waals surface area contributed by atoms with Crippen molar-refractivity contribution < 1.29 is 27.6 Å². The van der Waals surface area contributed by atoms with Crippen LogP contribution in [0.4, 0.5) is 14.9 Å². The van der Waals surface area contributed by atoms with E-state index in [0.29, 0.717) is 12.8 Å². The lowest BCUT2D eigenvalue weighted by molar-refractivity contribution is -0.134. The summed E-state index contributed by atoms with van der Waals surface area (Å²) in [5.41, 5.74) is 3.39. The quantitative estimate of drug-likeness (QED) is 0.101. The summed E-state index contributed by atoms with van der Waals surface area (Å²) in [6.07, 6.45) is -0.187. The van der Waals surface area contributed by atoms with Gasteiger partial charge in [-0.1, -0.05) is 54.6 Å². The first-order valence-corrected chi connectivity index (χ1v) is 24.9. The Kier molecular flexibility index (Phi) is 12.2. The van der Waals surface area contributed by atoms with Gasteiger partial charge in [-0.15, -0.1) is 0 Å². The van der Waals surface area contributed by atoms with Gasteiger partial charge in [-0.25, -0.2) is 14.1 Å². The van der Waals surface area contributed by atoms with Crippen molar-refractivity contribution in [3.05, 3.63) is 129 Å². The molecule has 1 saturated heterocycles. The van der Waals surface area contributed by atoms with Crippen LogP contribution in [0.2, 0.25) is 39.3 Å². The minimum atomic E-state index is -2.08. The van der Waals surface area contributed by atoms with E-state index in [0.717, 1.165) is 31.7 Å². The SMILES string of the molecule is C[Si](C)(C)Oc1ccc(N[C@H](c2ccc(I)cc2)[C@@H](CCC(O[Si](C)(C)C)c2ccc(F)cc2)C(=O)N2C(=O)OC[C@@H]2c2ccccc2)cc1. The second-order valence-electron chi connectivity index (χ2n) is 14.6. The van der Waals surface area contributed by atoms with Crippen molar-refractivity contribution in [2.75, 3.05) is 11.9 Å². The molecule has 0 bridgehead atoms. The zero-order valence-corrected chi connectivity index (χ0v) is 33.6. The number of carbonyl (C=O) groups is 2. The first-order chi connectivity index (χ1) is 23.7. The van der Waals surface area contributed by atoms with Gasteiger partial charge in [0.2, 0.25) is 14.2 Å². The van der Waals surface area contributed by atoms with Crippen LogP contribution in [-0.4, -0.2) is 40.1 Å². The highest BCUT2D eigenvalue weighted by molar-refractivity contribution is 14.1. The Hall–Kier alpha value is -3.53. The standard InChI is InChI=1S/C39H46FIN2O5Si2/c1-49(2,3)47-33-22-20-32(21-23-33)42-37(29-14-18-31(41)19-15-29)34(24-25-36(48-50(4,5)6)28-12-16-30(40)17-13-28)38(44)43-35(26-46-39(43)45)27-10-8-7-9-11-27/h7-23,34-37,42H,24-26H2,1-6H3/t34-,35-,36?,37-/m1/s1. The van der Waals surface area contributed by atoms with Crippen LogP contribution < -0.4 is 9.74 Å². The van der Waals surface area contributed by atoms with Gasteiger partial charge in [0, 0.05) is 9.26 Å². The first-order valence-electron chi connectivity index (χ1n) is 17.0. The fraction of sp³-hybridized carbons (Fsp3) is 0.333. The lowest BCUT2D eigenvalue weighted by atomic mass is 9.85. The van der Waals surface area contributed by atoms with Crippen LogP contribution in [0.25, 0.3) is 0 Å². The first kappa shape index (κ1) is 37.7. The predicted molar refractivity (Wildman–Crippen MR) is 210 cm³/mol. The Morgan fingerprint density at radius 1 is 0.860 bits per heavy atom. The number of hydrogen-bond donors (Lipinski definition) is 1. The largest absolute Gasteiger partial charge is 0.544 e. The molecule has 11 heteroatoms. The molecule has 1 N–H and O–H groups in total. The molecule has 2 amide bonds. The highest BCUT2D eigenvalue weighted by atomic mass is 127. The van der Waals surface area contributed by atoms with Crippen molar-refractivity contribution >= 4 is 56.9 Å². The molecule has 7 nitrogen and oxygen atoms in total. The van der Waals surface area contributed by atoms with E-state index in [1.807, 2.05) is 78.9 Å². The van der Waals surface area contributed by atoms with Crippen LogP contribution in [0.3, 0.4) is 0 Å². The molecule has 4 aromatic rings. The minimum Gasteiger partial charge on any atom is -0.544 e. The number of nitrogens with zero attached hydrogens (tertiary/aromatic N) is 1. The number of ether oxygens (including phenoxy) is 1. The van der Waals surface area contributed by atoms with Crippen molar-refractivity contribution in [1.82, 2.24) is 4.90 Å². The number of halogens is 2. The monoisotopic (exact) mass is 824 g/mol. The summed E-state index contributed by atoms with van der Waals surface area (Å²) in [5.74, 6) is -0.568. The van der Waals surface area contributed by atoms with Crippen molar-refractivity contribution in [3.8, 4) is 5.75 Å². The van der Waals surface area contributed by atoms with Gasteiger partial charge in [0.1, 0.15) is 24.2 Å². The summed E-state index contributed by atoms with van der Waals surface area (Å²) >= 11 is 2.27. The number of hydrogen-bond acceptors (Lipinski definition) is 6. The molecule has 1 aliphatic heterocycles. The Morgan fingerprint density at radius 2 is 1.48 bits per heavy atom. The van der Waals surface area contributed by atoms with Gasteiger partial charge in [-0.3, -0.25) is 4.79 Å². The maximum absolute atomic E-state index is 15.0. The number of cyclic esters (lactones) is 1. The molecule has 1 heterocycles. The molecule has 0 radical (unpaired) electrons. The van der Waals surface area contributed by atoms with E-state index in [1.54, 1.807) is 12.1 Å². The van der Waals surface area contributed by atoms with E-state index < -0.39 is 40.7 Å². The van der Waals surface area contributed by atoms with Gasteiger partial charge in [-0.05, 0) is 140 Å². The molecule has 1 fully saturated rings. The molecule has 4 atom stereocenters. The van der Waals surface area contributed by atoms with Crippen LogP contribution in [0.5, 0.6) is 5.75 Å². The molecule has 264 valence electrons. The Morgan fingerprint density at radius 3 is 2.08 bits per heavy atom. The van der Waals surface area contributed by atoms with E-state index in [-0.39, 0.29) is 24.4 Å². The summed E-state index contributed by atoms with van der Waals surface area (Å²) in [6.45, 7) is 12.8. The molecule has 0 saturated carbocycles. The normalized spacial score (nSPS) is 16.8. The molecule has 1 aliphatic rings. The van der Waals surface area contributed by atoms with Gasteiger partial charge >= 0.3 is 6.09 Å². The van der Waals surface area contributed by atoms with Gasteiger partial charge in [0.05, 0.1) is 18.1 Å². The minimum absolute atomic E-state index is 0.0818. The maximum Gasteiger partial charge on any atom is 0.417 e.